The number of hydrogen-bond donors (Lipinski definition) is 2. The summed E-state index contributed by atoms with van der Waals surface area (Å²) in [6.45, 7) is 1.26. The Morgan fingerprint density at radius 1 is 1.47 bits per heavy atom. The van der Waals surface area contributed by atoms with Gasteiger partial charge in [0.2, 0.25) is 0 Å². The molecular weight excluding hydrogens is 239 g/mol. The Bertz CT molecular complexity index is 380. The molecule has 2 rings (SSSR count). The van der Waals surface area contributed by atoms with Crippen LogP contribution in [0.3, 0.4) is 0 Å². The summed E-state index contributed by atoms with van der Waals surface area (Å²) in [5, 5.41) is 3.85. The molecule has 0 aliphatic heterocycles. The lowest BCUT2D eigenvalue weighted by Crippen LogP contribution is -2.30. The monoisotopic (exact) mass is 256 g/mol. The fourth-order valence-electron chi connectivity index (χ4n) is 1.97. The average molecular weight is 257 g/mol. The van der Waals surface area contributed by atoms with Crippen molar-refractivity contribution in [1.29, 1.82) is 0 Å². The maximum absolute atomic E-state index is 13.7. The summed E-state index contributed by atoms with van der Waals surface area (Å²) in [5.74, 6) is 0.619. The molecule has 0 radical (unpaired) electrons. The van der Waals surface area contributed by atoms with Gasteiger partial charge in [-0.1, -0.05) is 24.4 Å². The first-order chi connectivity index (χ1) is 8.20. The third-order valence-corrected chi connectivity index (χ3v) is 3.44. The van der Waals surface area contributed by atoms with E-state index in [0.717, 1.165) is 18.9 Å². The van der Waals surface area contributed by atoms with Crippen LogP contribution in [0.5, 0.6) is 0 Å². The molecule has 0 bridgehead atoms. The summed E-state index contributed by atoms with van der Waals surface area (Å²) in [6, 6.07) is 4.45. The Kier molecular flexibility index (Phi) is 4.37. The van der Waals surface area contributed by atoms with Crippen LogP contribution in [0.4, 0.5) is 4.39 Å². The molecule has 0 heterocycles. The lowest BCUT2D eigenvalue weighted by Gasteiger charge is -2.18. The second-order valence-corrected chi connectivity index (χ2v) is 5.08. The molecule has 1 aromatic carbocycles. The first-order valence-electron chi connectivity index (χ1n) is 6.09. The lowest BCUT2D eigenvalue weighted by atomic mass is 10.1. The summed E-state index contributed by atoms with van der Waals surface area (Å²) in [5.41, 5.74) is 6.25. The third kappa shape index (κ3) is 3.66. The van der Waals surface area contributed by atoms with E-state index in [1.54, 1.807) is 12.1 Å². The molecule has 3 N–H and O–H groups in total. The first-order valence-corrected chi connectivity index (χ1v) is 6.47. The zero-order valence-electron chi connectivity index (χ0n) is 9.76. The molecule has 0 spiro atoms. The Balaban J connectivity index is 1.96. The number of benzene rings is 1. The number of rotatable bonds is 6. The van der Waals surface area contributed by atoms with E-state index in [4.69, 9.17) is 17.3 Å². The zero-order valence-corrected chi connectivity index (χ0v) is 10.5. The van der Waals surface area contributed by atoms with E-state index in [0.29, 0.717) is 17.1 Å². The van der Waals surface area contributed by atoms with Crippen molar-refractivity contribution < 1.29 is 4.39 Å². The van der Waals surface area contributed by atoms with Crippen LogP contribution in [0, 0.1) is 11.7 Å². The quantitative estimate of drug-likeness (QED) is 0.821. The summed E-state index contributed by atoms with van der Waals surface area (Å²) in [4.78, 5) is 0. The van der Waals surface area contributed by atoms with Crippen LogP contribution < -0.4 is 11.1 Å². The molecule has 1 aliphatic rings. The highest BCUT2D eigenvalue weighted by Crippen LogP contribution is 2.32. The molecule has 0 saturated heterocycles. The van der Waals surface area contributed by atoms with Gasteiger partial charge in [0.05, 0.1) is 0 Å². The van der Waals surface area contributed by atoms with Crippen molar-refractivity contribution in [3.63, 3.8) is 0 Å². The van der Waals surface area contributed by atoms with Gasteiger partial charge in [-0.3, -0.25) is 0 Å². The molecule has 1 unspecified atom stereocenters. The maximum atomic E-state index is 13.7. The van der Waals surface area contributed by atoms with Crippen LogP contribution in [0.2, 0.25) is 5.02 Å². The molecule has 1 atom stereocenters. The van der Waals surface area contributed by atoms with Crippen LogP contribution in [0.15, 0.2) is 18.2 Å². The molecule has 0 amide bonds. The van der Waals surface area contributed by atoms with Gasteiger partial charge in [0.25, 0.3) is 0 Å². The topological polar surface area (TPSA) is 38.0 Å². The van der Waals surface area contributed by atoms with Crippen molar-refractivity contribution in [2.45, 2.75) is 25.3 Å². The minimum absolute atomic E-state index is 0.146. The van der Waals surface area contributed by atoms with Crippen LogP contribution in [-0.2, 0) is 0 Å². The first kappa shape index (κ1) is 12.8. The molecular formula is C13H18ClFN2. The molecule has 94 valence electrons. The van der Waals surface area contributed by atoms with E-state index >= 15 is 0 Å². The fraction of sp³-hybridized carbons (Fsp3) is 0.538. The predicted octanol–water partition coefficient (Wildman–Crippen LogP) is 2.87. The van der Waals surface area contributed by atoms with Crippen molar-refractivity contribution >= 4 is 11.6 Å². The molecule has 1 saturated carbocycles. The van der Waals surface area contributed by atoms with Crippen LogP contribution in [0.1, 0.15) is 30.9 Å². The Labute approximate surface area is 106 Å². The second kappa shape index (κ2) is 5.80. The number of halogens is 2. The van der Waals surface area contributed by atoms with Crippen molar-refractivity contribution in [2.24, 2.45) is 11.7 Å². The molecule has 4 heteroatoms. The van der Waals surface area contributed by atoms with Gasteiger partial charge in [-0.25, -0.2) is 4.39 Å². The Hall–Kier alpha value is -0.640. The summed E-state index contributed by atoms with van der Waals surface area (Å²) in [7, 11) is 0. The van der Waals surface area contributed by atoms with Crippen molar-refractivity contribution in [3.05, 3.63) is 34.6 Å². The fourth-order valence-corrected chi connectivity index (χ4v) is 2.15. The average Bonchev–Trinajstić information content (AvgIpc) is 3.12. The van der Waals surface area contributed by atoms with E-state index in [1.165, 1.54) is 18.9 Å². The van der Waals surface area contributed by atoms with Gasteiger partial charge in [0.15, 0.2) is 0 Å². The van der Waals surface area contributed by atoms with Gasteiger partial charge in [0, 0.05) is 23.2 Å². The minimum atomic E-state index is -0.247. The zero-order chi connectivity index (χ0) is 12.3. The van der Waals surface area contributed by atoms with Crippen LogP contribution in [-0.4, -0.2) is 13.1 Å². The highest BCUT2D eigenvalue weighted by Gasteiger charge is 2.21. The van der Waals surface area contributed by atoms with Crippen molar-refractivity contribution in [1.82, 2.24) is 5.32 Å². The van der Waals surface area contributed by atoms with Gasteiger partial charge in [-0.05, 0) is 37.1 Å². The summed E-state index contributed by atoms with van der Waals surface area (Å²) in [6.07, 6.45) is 3.82. The number of nitrogens with two attached hydrogens (primary N) is 1. The van der Waals surface area contributed by atoms with Gasteiger partial charge in [-0.15, -0.1) is 0 Å². The Morgan fingerprint density at radius 2 is 2.24 bits per heavy atom. The van der Waals surface area contributed by atoms with Gasteiger partial charge >= 0.3 is 0 Å². The second-order valence-electron chi connectivity index (χ2n) is 4.64. The smallest absolute Gasteiger partial charge is 0.128 e. The molecule has 1 aromatic rings. The van der Waals surface area contributed by atoms with Crippen LogP contribution >= 0.6 is 11.6 Å². The third-order valence-electron chi connectivity index (χ3n) is 3.21. The van der Waals surface area contributed by atoms with E-state index in [2.05, 4.69) is 5.32 Å². The van der Waals surface area contributed by atoms with Crippen molar-refractivity contribution in [2.75, 3.05) is 13.1 Å². The summed E-state index contributed by atoms with van der Waals surface area (Å²) < 4.78 is 13.7. The summed E-state index contributed by atoms with van der Waals surface area (Å²) >= 11 is 5.88. The maximum Gasteiger partial charge on any atom is 0.128 e. The number of hydrogen-bond acceptors (Lipinski definition) is 2. The normalized spacial score (nSPS) is 17.1. The lowest BCUT2D eigenvalue weighted by molar-refractivity contribution is 0.491. The van der Waals surface area contributed by atoms with Crippen LogP contribution in [0.25, 0.3) is 0 Å². The van der Waals surface area contributed by atoms with Crippen molar-refractivity contribution in [3.8, 4) is 0 Å². The van der Waals surface area contributed by atoms with Gasteiger partial charge in [-0.2, -0.15) is 0 Å². The SMILES string of the molecule is NCC(NCCC1CC1)c1cc(Cl)ccc1F. The molecule has 17 heavy (non-hydrogen) atoms. The molecule has 1 fully saturated rings. The van der Waals surface area contributed by atoms with E-state index in [-0.39, 0.29) is 11.9 Å². The molecule has 2 nitrogen and oxygen atoms in total. The van der Waals surface area contributed by atoms with E-state index in [1.807, 2.05) is 0 Å². The highest BCUT2D eigenvalue weighted by molar-refractivity contribution is 6.30. The highest BCUT2D eigenvalue weighted by atomic mass is 35.5. The van der Waals surface area contributed by atoms with Gasteiger partial charge in [0.1, 0.15) is 5.82 Å². The molecule has 1 aliphatic carbocycles. The predicted molar refractivity (Wildman–Crippen MR) is 68.5 cm³/mol. The number of nitrogens with one attached hydrogen (secondary N) is 1. The van der Waals surface area contributed by atoms with E-state index in [9.17, 15) is 4.39 Å². The standard InChI is InChI=1S/C13H18ClFN2/c14-10-3-4-12(15)11(7-10)13(8-16)17-6-5-9-1-2-9/h3-4,7,9,13,17H,1-2,5-6,8,16H2. The van der Waals surface area contributed by atoms with E-state index < -0.39 is 0 Å². The Morgan fingerprint density at radius 3 is 2.88 bits per heavy atom. The van der Waals surface area contributed by atoms with Gasteiger partial charge < -0.3 is 11.1 Å². The minimum Gasteiger partial charge on any atom is -0.329 e. The molecule has 0 aromatic heterocycles. The largest absolute Gasteiger partial charge is 0.329 e.